The highest BCUT2D eigenvalue weighted by Crippen LogP contribution is 2.37. The second-order valence-corrected chi connectivity index (χ2v) is 13.5. The molecular weight excluding hydrogens is 344 g/mol. The number of rotatable bonds is 0. The minimum atomic E-state index is -0.137. The smallest absolute Gasteiger partial charge is 0.0307 e. The monoisotopic (exact) mass is 396 g/mol. The molecule has 1 aliphatic rings. The van der Waals surface area contributed by atoms with Gasteiger partial charge < -0.3 is 21.3 Å². The van der Waals surface area contributed by atoms with Crippen LogP contribution in [0.4, 0.5) is 0 Å². The van der Waals surface area contributed by atoms with E-state index in [1.165, 1.54) is 0 Å². The van der Waals surface area contributed by atoms with E-state index < -0.39 is 0 Å². The molecule has 0 aromatic heterocycles. The molecule has 4 N–H and O–H groups in total. The lowest BCUT2D eigenvalue weighted by Crippen LogP contribution is -2.82. The molecule has 1 heterocycles. The first-order valence-corrected chi connectivity index (χ1v) is 11.0. The van der Waals surface area contributed by atoms with Gasteiger partial charge in [-0.3, -0.25) is 0 Å². The minimum Gasteiger partial charge on any atom is -0.303 e. The molecule has 1 saturated heterocycles. The molecule has 0 aromatic rings. The molecule has 1 rings (SSSR count). The van der Waals surface area contributed by atoms with E-state index in [1.807, 2.05) is 0 Å². The predicted molar refractivity (Wildman–Crippen MR) is 125 cm³/mol. The van der Waals surface area contributed by atoms with Crippen molar-refractivity contribution in [2.45, 2.75) is 155 Å². The summed E-state index contributed by atoms with van der Waals surface area (Å²) in [6, 6.07) is 0. The van der Waals surface area contributed by atoms with Gasteiger partial charge in [0.1, 0.15) is 0 Å². The van der Waals surface area contributed by atoms with Crippen molar-refractivity contribution in [2.24, 2.45) is 0 Å². The molecule has 28 heavy (non-hydrogen) atoms. The summed E-state index contributed by atoms with van der Waals surface area (Å²) in [5.41, 5.74) is -1.10. The predicted octanol–water partition coefficient (Wildman–Crippen LogP) is 4.59. The number of hydrogen-bond acceptors (Lipinski definition) is 4. The zero-order valence-electron chi connectivity index (χ0n) is 22.0. The van der Waals surface area contributed by atoms with Crippen LogP contribution in [0.5, 0.6) is 0 Å². The summed E-state index contributed by atoms with van der Waals surface area (Å²) < 4.78 is 0. The van der Waals surface area contributed by atoms with Crippen molar-refractivity contribution in [3.63, 3.8) is 0 Å². The average Bonchev–Trinajstić information content (AvgIpc) is 2.31. The minimum absolute atomic E-state index is 0.137. The Kier molecular flexibility index (Phi) is 6.16. The average molecular weight is 397 g/mol. The van der Waals surface area contributed by atoms with Crippen LogP contribution in [-0.4, -0.2) is 44.3 Å². The van der Waals surface area contributed by atoms with E-state index in [0.29, 0.717) is 0 Å². The van der Waals surface area contributed by atoms with Crippen molar-refractivity contribution < 1.29 is 0 Å². The van der Waals surface area contributed by atoms with Crippen LogP contribution in [0.3, 0.4) is 0 Å². The van der Waals surface area contributed by atoms with Crippen molar-refractivity contribution in [3.8, 4) is 0 Å². The molecule has 0 spiro atoms. The normalized spacial score (nSPS) is 32.6. The van der Waals surface area contributed by atoms with Crippen LogP contribution in [0.1, 0.15) is 111 Å². The van der Waals surface area contributed by atoms with Crippen molar-refractivity contribution in [2.75, 3.05) is 0 Å². The fourth-order valence-corrected chi connectivity index (χ4v) is 4.38. The second-order valence-electron chi connectivity index (χ2n) is 13.5. The van der Waals surface area contributed by atoms with E-state index in [4.69, 9.17) is 0 Å². The Balaban J connectivity index is 3.68. The van der Waals surface area contributed by atoms with Gasteiger partial charge in [0.15, 0.2) is 0 Å². The summed E-state index contributed by atoms with van der Waals surface area (Å²) in [4.78, 5) is 0. The Morgan fingerprint density at radius 2 is 0.286 bits per heavy atom. The Labute approximate surface area is 176 Å². The molecule has 0 radical (unpaired) electrons. The number of hydrogen-bond donors (Lipinski definition) is 4. The summed E-state index contributed by atoms with van der Waals surface area (Å²) in [6.45, 7) is 37.0. The summed E-state index contributed by atoms with van der Waals surface area (Å²) in [7, 11) is 0. The van der Waals surface area contributed by atoms with Crippen LogP contribution in [-0.2, 0) is 0 Å². The molecule has 0 aromatic carbocycles. The zero-order valence-corrected chi connectivity index (χ0v) is 22.0. The molecule has 0 aliphatic carbocycles. The first kappa shape index (κ1) is 25.9. The van der Waals surface area contributed by atoms with Crippen molar-refractivity contribution in [1.29, 1.82) is 0 Å². The van der Waals surface area contributed by atoms with E-state index in [1.54, 1.807) is 0 Å². The van der Waals surface area contributed by atoms with Gasteiger partial charge >= 0.3 is 0 Å². The van der Waals surface area contributed by atoms with Gasteiger partial charge in [-0.2, -0.15) is 0 Å². The van der Waals surface area contributed by atoms with E-state index in [0.717, 1.165) is 0 Å². The van der Waals surface area contributed by atoms with E-state index >= 15 is 0 Å². The SMILES string of the molecule is CC1(C)NC(C)(C)C(C)(C)NC(C)(C)C(C)(C)NC(C)(C)C(C)(C)NC1(C)C. The van der Waals surface area contributed by atoms with Gasteiger partial charge in [-0.05, 0) is 111 Å². The molecule has 168 valence electrons. The summed E-state index contributed by atoms with van der Waals surface area (Å²) >= 11 is 0. The fraction of sp³-hybridized carbons (Fsp3) is 1.00. The fourth-order valence-electron chi connectivity index (χ4n) is 4.38. The Morgan fingerprint density at radius 1 is 0.214 bits per heavy atom. The first-order chi connectivity index (χ1) is 11.8. The summed E-state index contributed by atoms with van der Waals surface area (Å²) in [5.74, 6) is 0. The molecule has 0 atom stereocenters. The van der Waals surface area contributed by atoms with Crippen molar-refractivity contribution in [3.05, 3.63) is 0 Å². The van der Waals surface area contributed by atoms with E-state index in [2.05, 4.69) is 132 Å². The summed E-state index contributed by atoms with van der Waals surface area (Å²) in [5, 5.41) is 16.1. The Morgan fingerprint density at radius 3 is 0.357 bits per heavy atom. The second kappa shape index (κ2) is 6.67. The Hall–Kier alpha value is -0.160. The molecule has 4 heteroatoms. The van der Waals surface area contributed by atoms with Gasteiger partial charge in [-0.1, -0.05) is 0 Å². The molecule has 1 fully saturated rings. The van der Waals surface area contributed by atoms with Crippen LogP contribution < -0.4 is 21.3 Å². The first-order valence-electron chi connectivity index (χ1n) is 11.0. The molecule has 0 unspecified atom stereocenters. The third-order valence-corrected chi connectivity index (χ3v) is 8.75. The highest BCUT2D eigenvalue weighted by Gasteiger charge is 2.54. The molecular formula is C24H52N4. The van der Waals surface area contributed by atoms with Gasteiger partial charge in [-0.25, -0.2) is 0 Å². The van der Waals surface area contributed by atoms with Gasteiger partial charge in [0.25, 0.3) is 0 Å². The van der Waals surface area contributed by atoms with E-state index in [-0.39, 0.29) is 44.3 Å². The lowest BCUT2D eigenvalue weighted by atomic mass is 9.69. The van der Waals surface area contributed by atoms with Gasteiger partial charge in [0.2, 0.25) is 0 Å². The van der Waals surface area contributed by atoms with Crippen LogP contribution in [0.2, 0.25) is 0 Å². The maximum atomic E-state index is 4.02. The van der Waals surface area contributed by atoms with Crippen molar-refractivity contribution in [1.82, 2.24) is 21.3 Å². The van der Waals surface area contributed by atoms with Crippen molar-refractivity contribution >= 4 is 0 Å². The third kappa shape index (κ3) is 4.45. The van der Waals surface area contributed by atoms with Crippen LogP contribution in [0.25, 0.3) is 0 Å². The standard InChI is InChI=1S/C24H52N4/c1-17(2)18(3,4)26-21(9,10)22(11,12)28-24(15,16)23(13,14)27-20(7,8)19(5,6)25-17/h25-28H,1-16H3. The largest absolute Gasteiger partial charge is 0.303 e. The van der Waals surface area contributed by atoms with Crippen LogP contribution in [0, 0.1) is 0 Å². The highest BCUT2D eigenvalue weighted by molar-refractivity contribution is 5.18. The van der Waals surface area contributed by atoms with E-state index in [9.17, 15) is 0 Å². The Bertz CT molecular complexity index is 425. The molecule has 0 amide bonds. The molecule has 0 saturated carbocycles. The maximum absolute atomic E-state index is 4.02. The van der Waals surface area contributed by atoms with Crippen LogP contribution in [0.15, 0.2) is 0 Å². The van der Waals surface area contributed by atoms with Crippen LogP contribution >= 0.6 is 0 Å². The highest BCUT2D eigenvalue weighted by atomic mass is 15.3. The lowest BCUT2D eigenvalue weighted by Gasteiger charge is -2.61. The molecule has 1 aliphatic heterocycles. The number of nitrogens with one attached hydrogen (secondary N) is 4. The lowest BCUT2D eigenvalue weighted by molar-refractivity contribution is 0.00818. The maximum Gasteiger partial charge on any atom is 0.0307 e. The van der Waals surface area contributed by atoms with Gasteiger partial charge in [0.05, 0.1) is 0 Å². The quantitative estimate of drug-likeness (QED) is 0.484. The zero-order chi connectivity index (χ0) is 22.8. The third-order valence-electron chi connectivity index (χ3n) is 8.75. The molecule has 4 nitrogen and oxygen atoms in total. The van der Waals surface area contributed by atoms with Gasteiger partial charge in [-0.15, -0.1) is 0 Å². The summed E-state index contributed by atoms with van der Waals surface area (Å²) in [6.07, 6.45) is 0. The van der Waals surface area contributed by atoms with Gasteiger partial charge in [0, 0.05) is 44.3 Å². The topological polar surface area (TPSA) is 48.1 Å². The molecule has 0 bridgehead atoms.